The molecule has 0 aliphatic heterocycles. The molecule has 0 heterocycles. The van der Waals surface area contributed by atoms with Crippen LogP contribution in [0.1, 0.15) is 96.5 Å². The van der Waals surface area contributed by atoms with Crippen LogP contribution in [-0.4, -0.2) is 0 Å². The summed E-state index contributed by atoms with van der Waals surface area (Å²) in [6.45, 7) is 8.73. The first-order valence-electron chi connectivity index (χ1n) is 13.8. The van der Waals surface area contributed by atoms with Gasteiger partial charge in [0.25, 0.3) is 0 Å². The van der Waals surface area contributed by atoms with Gasteiger partial charge in [0.2, 0.25) is 0 Å². The van der Waals surface area contributed by atoms with Gasteiger partial charge in [0.05, 0.1) is 0 Å². The summed E-state index contributed by atoms with van der Waals surface area (Å²) in [5.74, 6) is 5.28. The van der Waals surface area contributed by atoms with E-state index in [-0.39, 0.29) is 11.6 Å². The lowest BCUT2D eigenvalue weighted by molar-refractivity contribution is 0.334. The standard InChI is InChI=1S/C33H44F2/c1-5-10-26(12-8-11-25(4)21-24(2)3)17-18-27-15-9-16-31(27)32-23-28(32)13-6-7-14-29-22-30(34)19-20-33(29)35/h1,12-13,19-20,22,24,27,31-32H,4,6-11,14-18,21,23H2,2-3H3/b26-12-,28-13+/t27-,31?,32?/m1/s1. The molecule has 0 spiro atoms. The minimum Gasteiger partial charge on any atom is -0.207 e. The van der Waals surface area contributed by atoms with Gasteiger partial charge in [0.1, 0.15) is 11.6 Å². The highest BCUT2D eigenvalue weighted by Crippen LogP contribution is 2.53. The molecule has 2 heteroatoms. The minimum absolute atomic E-state index is 0.295. The molecule has 190 valence electrons. The summed E-state index contributed by atoms with van der Waals surface area (Å²) in [5.41, 5.74) is 4.88. The third-order valence-corrected chi connectivity index (χ3v) is 7.86. The quantitative estimate of drug-likeness (QED) is 0.142. The summed E-state index contributed by atoms with van der Waals surface area (Å²) >= 11 is 0. The normalized spacial score (nSPS) is 23.1. The average molecular weight is 479 g/mol. The van der Waals surface area contributed by atoms with Crippen LogP contribution in [0.4, 0.5) is 8.78 Å². The Morgan fingerprint density at radius 3 is 2.80 bits per heavy atom. The van der Waals surface area contributed by atoms with Crippen molar-refractivity contribution in [1.82, 2.24) is 0 Å². The number of benzene rings is 1. The number of aryl methyl sites for hydroxylation is 1. The van der Waals surface area contributed by atoms with Crippen molar-refractivity contribution in [3.05, 3.63) is 70.8 Å². The number of hydrogen-bond donors (Lipinski definition) is 0. The van der Waals surface area contributed by atoms with E-state index in [0.717, 1.165) is 62.7 Å². The van der Waals surface area contributed by atoms with Gasteiger partial charge in [0.15, 0.2) is 0 Å². The number of terminal acetylenes is 1. The van der Waals surface area contributed by atoms with Crippen LogP contribution < -0.4 is 0 Å². The van der Waals surface area contributed by atoms with Crippen molar-refractivity contribution < 1.29 is 8.78 Å². The maximum Gasteiger partial charge on any atom is 0.126 e. The molecule has 1 aromatic rings. The number of rotatable bonds is 14. The van der Waals surface area contributed by atoms with Gasteiger partial charge < -0.3 is 0 Å². The van der Waals surface area contributed by atoms with Gasteiger partial charge in [-0.25, -0.2) is 8.78 Å². The fourth-order valence-corrected chi connectivity index (χ4v) is 6.05. The molecule has 2 aliphatic carbocycles. The highest BCUT2D eigenvalue weighted by Gasteiger charge is 2.42. The first-order valence-corrected chi connectivity index (χ1v) is 13.8. The highest BCUT2D eigenvalue weighted by atomic mass is 19.1. The second-order valence-electron chi connectivity index (χ2n) is 11.2. The van der Waals surface area contributed by atoms with Crippen molar-refractivity contribution in [3.63, 3.8) is 0 Å². The summed E-state index contributed by atoms with van der Waals surface area (Å²) in [6, 6.07) is 3.74. The molecule has 2 unspecified atom stereocenters. The summed E-state index contributed by atoms with van der Waals surface area (Å²) in [7, 11) is 0. The smallest absolute Gasteiger partial charge is 0.126 e. The van der Waals surface area contributed by atoms with Gasteiger partial charge >= 0.3 is 0 Å². The van der Waals surface area contributed by atoms with E-state index in [1.807, 2.05) is 0 Å². The van der Waals surface area contributed by atoms with Crippen LogP contribution >= 0.6 is 0 Å². The second kappa shape index (κ2) is 13.8. The predicted molar refractivity (Wildman–Crippen MR) is 145 cm³/mol. The maximum atomic E-state index is 13.8. The first-order chi connectivity index (χ1) is 16.9. The topological polar surface area (TPSA) is 0 Å². The Kier molecular flexibility index (Phi) is 10.8. The zero-order chi connectivity index (χ0) is 25.2. The van der Waals surface area contributed by atoms with Crippen molar-refractivity contribution in [3.8, 4) is 12.3 Å². The van der Waals surface area contributed by atoms with Crippen LogP contribution in [0.3, 0.4) is 0 Å². The van der Waals surface area contributed by atoms with E-state index >= 15 is 0 Å². The first kappa shape index (κ1) is 27.4. The Morgan fingerprint density at radius 1 is 1.20 bits per heavy atom. The van der Waals surface area contributed by atoms with E-state index in [1.54, 1.807) is 5.57 Å². The Labute approximate surface area is 213 Å². The summed E-state index contributed by atoms with van der Waals surface area (Å²) in [4.78, 5) is 0. The molecule has 0 radical (unpaired) electrons. The van der Waals surface area contributed by atoms with Gasteiger partial charge in [0, 0.05) is 6.42 Å². The number of halogens is 2. The molecule has 0 amide bonds. The van der Waals surface area contributed by atoms with Gasteiger partial charge in [-0.2, -0.15) is 0 Å². The molecule has 2 saturated carbocycles. The number of allylic oxidation sites excluding steroid dienone is 5. The lowest BCUT2D eigenvalue weighted by atomic mass is 9.85. The molecule has 2 aliphatic rings. The van der Waals surface area contributed by atoms with Crippen LogP contribution in [0.15, 0.2) is 53.6 Å². The van der Waals surface area contributed by atoms with E-state index in [0.29, 0.717) is 17.9 Å². The monoisotopic (exact) mass is 478 g/mol. The zero-order valence-corrected chi connectivity index (χ0v) is 21.9. The third kappa shape index (κ3) is 9.10. The molecular weight excluding hydrogens is 434 g/mol. The SMILES string of the molecule is C#CC/C(=C/CCC(=C)CC(C)C)CC[C@H]1CCCC1C1C/C1=C\CCCc1cc(F)ccc1F. The zero-order valence-electron chi connectivity index (χ0n) is 21.9. The highest BCUT2D eigenvalue weighted by molar-refractivity contribution is 5.26. The summed E-state index contributed by atoms with van der Waals surface area (Å²) in [6.07, 6.45) is 24.5. The Bertz CT molecular complexity index is 942. The van der Waals surface area contributed by atoms with Gasteiger partial charge in [-0.15, -0.1) is 12.3 Å². The molecule has 2 fully saturated rings. The molecule has 0 nitrogen and oxygen atoms in total. The van der Waals surface area contributed by atoms with Crippen LogP contribution in [0.5, 0.6) is 0 Å². The second-order valence-corrected chi connectivity index (χ2v) is 11.2. The minimum atomic E-state index is -0.355. The van der Waals surface area contributed by atoms with Crippen molar-refractivity contribution in [2.24, 2.45) is 23.7 Å². The molecule has 3 rings (SSSR count). The average Bonchev–Trinajstić information content (AvgIpc) is 3.42. The predicted octanol–water partition coefficient (Wildman–Crippen LogP) is 9.76. The van der Waals surface area contributed by atoms with E-state index in [2.05, 4.69) is 38.5 Å². The van der Waals surface area contributed by atoms with Crippen molar-refractivity contribution in [2.75, 3.05) is 0 Å². The Morgan fingerprint density at radius 2 is 2.03 bits per heavy atom. The molecule has 3 atom stereocenters. The summed E-state index contributed by atoms with van der Waals surface area (Å²) < 4.78 is 27.2. The van der Waals surface area contributed by atoms with Crippen LogP contribution in [0, 0.1) is 47.6 Å². The Hall–Kier alpha value is -2.14. The molecule has 35 heavy (non-hydrogen) atoms. The van der Waals surface area contributed by atoms with E-state index in [4.69, 9.17) is 6.42 Å². The van der Waals surface area contributed by atoms with Gasteiger partial charge in [-0.3, -0.25) is 0 Å². The maximum absolute atomic E-state index is 13.8. The van der Waals surface area contributed by atoms with Gasteiger partial charge in [-0.1, -0.05) is 62.1 Å². The Balaban J connectivity index is 1.42. The molecule has 0 bridgehead atoms. The lowest BCUT2D eigenvalue weighted by Crippen LogP contribution is -2.10. The van der Waals surface area contributed by atoms with Crippen LogP contribution in [-0.2, 0) is 6.42 Å². The third-order valence-electron chi connectivity index (χ3n) is 7.86. The largest absolute Gasteiger partial charge is 0.207 e. The van der Waals surface area contributed by atoms with Crippen molar-refractivity contribution in [1.29, 1.82) is 0 Å². The molecule has 1 aromatic carbocycles. The number of unbranched alkanes of at least 4 members (excludes halogenated alkanes) is 1. The van der Waals surface area contributed by atoms with Crippen LogP contribution in [0.25, 0.3) is 0 Å². The molecule has 0 N–H and O–H groups in total. The number of hydrogen-bond acceptors (Lipinski definition) is 0. The molecule has 0 saturated heterocycles. The van der Waals surface area contributed by atoms with E-state index in [1.165, 1.54) is 61.4 Å². The fraction of sp³-hybridized carbons (Fsp3) is 0.576. The summed E-state index contributed by atoms with van der Waals surface area (Å²) in [5, 5.41) is 0. The molecular formula is C33H44F2. The van der Waals surface area contributed by atoms with Crippen LogP contribution in [0.2, 0.25) is 0 Å². The van der Waals surface area contributed by atoms with Gasteiger partial charge in [-0.05, 0) is 112 Å². The lowest BCUT2D eigenvalue weighted by Gasteiger charge is -2.19. The van der Waals surface area contributed by atoms with E-state index < -0.39 is 0 Å². The van der Waals surface area contributed by atoms with Crippen molar-refractivity contribution >= 4 is 0 Å². The molecule has 0 aromatic heterocycles. The van der Waals surface area contributed by atoms with E-state index in [9.17, 15) is 8.78 Å². The fourth-order valence-electron chi connectivity index (χ4n) is 6.05. The van der Waals surface area contributed by atoms with Crippen molar-refractivity contribution in [2.45, 2.75) is 97.3 Å².